The van der Waals surface area contributed by atoms with Crippen LogP contribution in [0.5, 0.6) is 0 Å². The van der Waals surface area contributed by atoms with Crippen LogP contribution in [0.25, 0.3) is 6.08 Å². The standard InChI is InChI=1S/C14H18O/c1-14(2)12(9-13(14)10-15)8-11-6-4-3-5-7-11/h3-8,13,15H,9-10H2,1-2H3. The molecule has 80 valence electrons. The van der Waals surface area contributed by atoms with Gasteiger partial charge in [0.15, 0.2) is 0 Å². The molecule has 1 aromatic carbocycles. The molecule has 0 bridgehead atoms. The molecule has 2 rings (SSSR count). The van der Waals surface area contributed by atoms with Crippen LogP contribution in [-0.4, -0.2) is 11.7 Å². The monoisotopic (exact) mass is 202 g/mol. The van der Waals surface area contributed by atoms with Crippen LogP contribution in [0.3, 0.4) is 0 Å². The molecule has 0 aromatic heterocycles. The van der Waals surface area contributed by atoms with Gasteiger partial charge in [0.1, 0.15) is 0 Å². The maximum atomic E-state index is 9.18. The molecule has 1 nitrogen and oxygen atoms in total. The molecule has 0 heterocycles. The van der Waals surface area contributed by atoms with E-state index in [2.05, 4.69) is 44.2 Å². The van der Waals surface area contributed by atoms with Crippen LogP contribution in [0.2, 0.25) is 0 Å². The smallest absolute Gasteiger partial charge is 0.0470 e. The fourth-order valence-corrected chi connectivity index (χ4v) is 2.20. The molecule has 0 saturated heterocycles. The van der Waals surface area contributed by atoms with Crippen LogP contribution in [0.15, 0.2) is 35.9 Å². The highest BCUT2D eigenvalue weighted by atomic mass is 16.3. The second-order valence-electron chi connectivity index (χ2n) is 4.89. The molecule has 1 fully saturated rings. The van der Waals surface area contributed by atoms with E-state index in [0.29, 0.717) is 12.5 Å². The van der Waals surface area contributed by atoms with E-state index in [1.807, 2.05) is 6.07 Å². The quantitative estimate of drug-likeness (QED) is 0.781. The van der Waals surface area contributed by atoms with Crippen molar-refractivity contribution in [2.45, 2.75) is 20.3 Å². The van der Waals surface area contributed by atoms with E-state index < -0.39 is 0 Å². The largest absolute Gasteiger partial charge is 0.396 e. The zero-order chi connectivity index (χ0) is 10.9. The first-order valence-corrected chi connectivity index (χ1v) is 5.51. The van der Waals surface area contributed by atoms with E-state index in [-0.39, 0.29) is 5.41 Å². The number of rotatable bonds is 2. The van der Waals surface area contributed by atoms with Gasteiger partial charge in [-0.3, -0.25) is 0 Å². The summed E-state index contributed by atoms with van der Waals surface area (Å²) in [4.78, 5) is 0. The van der Waals surface area contributed by atoms with Crippen molar-refractivity contribution >= 4 is 6.08 Å². The average molecular weight is 202 g/mol. The molecular weight excluding hydrogens is 184 g/mol. The Hall–Kier alpha value is -1.08. The van der Waals surface area contributed by atoms with Crippen molar-refractivity contribution in [3.63, 3.8) is 0 Å². The molecule has 1 aromatic rings. The Labute approximate surface area is 91.4 Å². The lowest BCUT2D eigenvalue weighted by atomic mass is 9.58. The van der Waals surface area contributed by atoms with E-state index in [9.17, 15) is 5.11 Å². The summed E-state index contributed by atoms with van der Waals surface area (Å²) in [5, 5.41) is 9.18. The lowest BCUT2D eigenvalue weighted by Gasteiger charge is -2.46. The van der Waals surface area contributed by atoms with Crippen molar-refractivity contribution in [3.05, 3.63) is 41.5 Å². The van der Waals surface area contributed by atoms with Gasteiger partial charge in [-0.2, -0.15) is 0 Å². The zero-order valence-electron chi connectivity index (χ0n) is 9.40. The van der Waals surface area contributed by atoms with E-state index in [1.165, 1.54) is 11.1 Å². The van der Waals surface area contributed by atoms with Gasteiger partial charge in [0.25, 0.3) is 0 Å². The van der Waals surface area contributed by atoms with E-state index >= 15 is 0 Å². The molecule has 1 unspecified atom stereocenters. The summed E-state index contributed by atoms with van der Waals surface area (Å²) < 4.78 is 0. The minimum Gasteiger partial charge on any atom is -0.396 e. The summed E-state index contributed by atoms with van der Waals surface area (Å²) in [5.74, 6) is 0.437. The van der Waals surface area contributed by atoms with Crippen LogP contribution in [0.4, 0.5) is 0 Å². The number of allylic oxidation sites excluding steroid dienone is 1. The third kappa shape index (κ3) is 1.84. The van der Waals surface area contributed by atoms with Gasteiger partial charge in [-0.25, -0.2) is 0 Å². The van der Waals surface area contributed by atoms with Crippen LogP contribution in [-0.2, 0) is 0 Å². The second kappa shape index (κ2) is 3.82. The van der Waals surface area contributed by atoms with Gasteiger partial charge in [-0.15, -0.1) is 0 Å². The minimum atomic E-state index is 0.171. The number of hydrogen-bond acceptors (Lipinski definition) is 1. The molecule has 1 saturated carbocycles. The summed E-state index contributed by atoms with van der Waals surface area (Å²) in [6.45, 7) is 4.73. The Kier molecular flexibility index (Phi) is 2.66. The molecule has 0 radical (unpaired) electrons. The first-order valence-electron chi connectivity index (χ1n) is 5.51. The van der Waals surface area contributed by atoms with Gasteiger partial charge >= 0.3 is 0 Å². The summed E-state index contributed by atoms with van der Waals surface area (Å²) in [5.41, 5.74) is 2.88. The summed E-state index contributed by atoms with van der Waals surface area (Å²) in [7, 11) is 0. The number of hydrogen-bond donors (Lipinski definition) is 1. The molecule has 0 amide bonds. The summed E-state index contributed by atoms with van der Waals surface area (Å²) >= 11 is 0. The topological polar surface area (TPSA) is 20.2 Å². The predicted molar refractivity (Wildman–Crippen MR) is 63.4 cm³/mol. The van der Waals surface area contributed by atoms with Crippen molar-refractivity contribution in [3.8, 4) is 0 Å². The van der Waals surface area contributed by atoms with Crippen LogP contribution in [0, 0.1) is 11.3 Å². The molecule has 1 heteroatoms. The molecule has 15 heavy (non-hydrogen) atoms. The lowest BCUT2D eigenvalue weighted by molar-refractivity contribution is 0.0865. The molecule has 0 aliphatic heterocycles. The molecule has 1 aliphatic carbocycles. The summed E-state index contributed by atoms with van der Waals surface area (Å²) in [6.07, 6.45) is 3.30. The minimum absolute atomic E-state index is 0.171. The Morgan fingerprint density at radius 1 is 1.33 bits per heavy atom. The lowest BCUT2D eigenvalue weighted by Crippen LogP contribution is -2.39. The van der Waals surface area contributed by atoms with Crippen molar-refractivity contribution in [1.29, 1.82) is 0 Å². The number of aliphatic hydroxyl groups excluding tert-OH is 1. The first kappa shape index (κ1) is 10.4. The zero-order valence-corrected chi connectivity index (χ0v) is 9.40. The molecular formula is C14H18O. The van der Waals surface area contributed by atoms with Crippen molar-refractivity contribution < 1.29 is 5.11 Å². The van der Waals surface area contributed by atoms with Gasteiger partial charge in [-0.1, -0.05) is 55.8 Å². The highest BCUT2D eigenvalue weighted by Gasteiger charge is 2.42. The SMILES string of the molecule is CC1(C)C(=Cc2ccccc2)CC1CO. The summed E-state index contributed by atoms with van der Waals surface area (Å²) in [6, 6.07) is 10.4. The van der Waals surface area contributed by atoms with E-state index in [0.717, 1.165) is 6.42 Å². The molecule has 1 aliphatic rings. The van der Waals surface area contributed by atoms with Crippen LogP contribution >= 0.6 is 0 Å². The van der Waals surface area contributed by atoms with Gasteiger partial charge in [0.2, 0.25) is 0 Å². The molecule has 0 spiro atoms. The maximum Gasteiger partial charge on any atom is 0.0470 e. The van der Waals surface area contributed by atoms with E-state index in [4.69, 9.17) is 0 Å². The molecule has 1 atom stereocenters. The fraction of sp³-hybridized carbons (Fsp3) is 0.429. The van der Waals surface area contributed by atoms with E-state index in [1.54, 1.807) is 0 Å². The predicted octanol–water partition coefficient (Wildman–Crippen LogP) is 3.11. The Bertz CT molecular complexity index is 362. The Balaban J connectivity index is 2.18. The fourth-order valence-electron chi connectivity index (χ4n) is 2.20. The van der Waals surface area contributed by atoms with Crippen LogP contribution in [0.1, 0.15) is 25.8 Å². The van der Waals surface area contributed by atoms with Crippen LogP contribution < -0.4 is 0 Å². The Morgan fingerprint density at radius 2 is 2.00 bits per heavy atom. The van der Waals surface area contributed by atoms with Crippen molar-refractivity contribution in [1.82, 2.24) is 0 Å². The number of aliphatic hydroxyl groups is 1. The third-order valence-corrected chi connectivity index (χ3v) is 3.68. The van der Waals surface area contributed by atoms with Gasteiger partial charge in [0, 0.05) is 6.61 Å². The first-order chi connectivity index (χ1) is 7.14. The molecule has 1 N–H and O–H groups in total. The Morgan fingerprint density at radius 3 is 2.53 bits per heavy atom. The van der Waals surface area contributed by atoms with Crippen molar-refractivity contribution in [2.24, 2.45) is 11.3 Å². The van der Waals surface area contributed by atoms with Crippen molar-refractivity contribution in [2.75, 3.05) is 6.61 Å². The average Bonchev–Trinajstić information content (AvgIpc) is 2.25. The highest BCUT2D eigenvalue weighted by Crippen LogP contribution is 2.51. The second-order valence-corrected chi connectivity index (χ2v) is 4.89. The number of benzene rings is 1. The normalized spacial score (nSPS) is 26.3. The van der Waals surface area contributed by atoms with Gasteiger partial charge in [0.05, 0.1) is 0 Å². The highest BCUT2D eigenvalue weighted by molar-refractivity contribution is 5.56. The third-order valence-electron chi connectivity index (χ3n) is 3.68. The maximum absolute atomic E-state index is 9.18. The van der Waals surface area contributed by atoms with Gasteiger partial charge in [-0.05, 0) is 23.3 Å². The van der Waals surface area contributed by atoms with Gasteiger partial charge < -0.3 is 5.11 Å².